The van der Waals surface area contributed by atoms with Gasteiger partial charge in [-0.3, -0.25) is 4.68 Å². The third-order valence-electron chi connectivity index (χ3n) is 4.55. The highest BCUT2D eigenvalue weighted by Crippen LogP contribution is 2.24. The molecule has 2 aromatic heterocycles. The van der Waals surface area contributed by atoms with Crippen molar-refractivity contribution in [3.63, 3.8) is 0 Å². The summed E-state index contributed by atoms with van der Waals surface area (Å²) in [5.74, 6) is 1.28. The van der Waals surface area contributed by atoms with E-state index in [2.05, 4.69) is 45.8 Å². The molecule has 1 aliphatic rings. The number of nitrogens with one attached hydrogen (secondary N) is 1. The molecule has 23 heavy (non-hydrogen) atoms. The van der Waals surface area contributed by atoms with Gasteiger partial charge in [-0.15, -0.1) is 0 Å². The maximum atomic E-state index is 5.44. The molecule has 2 aromatic rings. The van der Waals surface area contributed by atoms with Crippen LogP contribution in [0.15, 0.2) is 12.4 Å². The van der Waals surface area contributed by atoms with Gasteiger partial charge in [0.1, 0.15) is 12.1 Å². The molecule has 0 bridgehead atoms. The van der Waals surface area contributed by atoms with Crippen LogP contribution in [0.5, 0.6) is 0 Å². The van der Waals surface area contributed by atoms with Crippen molar-refractivity contribution in [2.75, 3.05) is 25.1 Å². The normalized spacial score (nSPS) is 17.6. The van der Waals surface area contributed by atoms with E-state index in [1.807, 2.05) is 6.07 Å². The summed E-state index contributed by atoms with van der Waals surface area (Å²) in [7, 11) is 0. The number of aromatic nitrogens is 4. The van der Waals surface area contributed by atoms with Crippen molar-refractivity contribution in [2.24, 2.45) is 0 Å². The second-order valence-electron chi connectivity index (χ2n) is 6.04. The van der Waals surface area contributed by atoms with Crippen molar-refractivity contribution in [3.05, 3.63) is 35.0 Å². The van der Waals surface area contributed by atoms with E-state index in [4.69, 9.17) is 4.74 Å². The molecule has 0 amide bonds. The molecule has 0 saturated carbocycles. The molecule has 1 saturated heterocycles. The molecule has 6 heteroatoms. The number of ether oxygens (including phenoxy) is 1. The van der Waals surface area contributed by atoms with Crippen molar-refractivity contribution in [2.45, 2.75) is 46.1 Å². The first-order valence-electron chi connectivity index (χ1n) is 8.35. The van der Waals surface area contributed by atoms with Crippen LogP contribution in [0.3, 0.4) is 0 Å². The Morgan fingerprint density at radius 3 is 2.91 bits per heavy atom. The molecular weight excluding hydrogens is 290 g/mol. The van der Waals surface area contributed by atoms with Gasteiger partial charge >= 0.3 is 0 Å². The van der Waals surface area contributed by atoms with E-state index in [1.54, 1.807) is 6.33 Å². The number of hydrogen-bond acceptors (Lipinski definition) is 5. The predicted octanol–water partition coefficient (Wildman–Crippen LogP) is 2.47. The van der Waals surface area contributed by atoms with Crippen molar-refractivity contribution >= 4 is 5.82 Å². The summed E-state index contributed by atoms with van der Waals surface area (Å²) in [6.07, 6.45) is 3.71. The number of aryl methyl sites for hydroxylation is 1. The third-order valence-corrected chi connectivity index (χ3v) is 4.55. The van der Waals surface area contributed by atoms with Crippen molar-refractivity contribution in [1.29, 1.82) is 0 Å². The van der Waals surface area contributed by atoms with Crippen LogP contribution >= 0.6 is 0 Å². The lowest BCUT2D eigenvalue weighted by molar-refractivity contribution is 0.193. The smallest absolute Gasteiger partial charge is 0.129 e. The molecular formula is C17H25N5O. The van der Waals surface area contributed by atoms with Crippen molar-refractivity contribution in [3.8, 4) is 0 Å². The first-order chi connectivity index (χ1) is 11.2. The SMILES string of the molecule is CCc1c(C)nn(CCNc2cc([C@H]3CCOC3)ncn2)c1C. The standard InChI is InChI=1S/C17H25N5O/c1-4-15-12(2)21-22(13(15)3)7-6-18-17-9-16(19-11-20-17)14-5-8-23-10-14/h9,11,14H,4-8,10H2,1-3H3,(H,18,19,20)/t14-/m0/s1. The molecule has 3 rings (SSSR count). The zero-order chi connectivity index (χ0) is 16.2. The van der Waals surface area contributed by atoms with E-state index in [9.17, 15) is 0 Å². The van der Waals surface area contributed by atoms with Gasteiger partial charge in [0.25, 0.3) is 0 Å². The molecule has 124 valence electrons. The molecule has 0 aliphatic carbocycles. The molecule has 1 fully saturated rings. The zero-order valence-corrected chi connectivity index (χ0v) is 14.2. The monoisotopic (exact) mass is 315 g/mol. The Bertz CT molecular complexity index is 661. The number of hydrogen-bond donors (Lipinski definition) is 1. The van der Waals surface area contributed by atoms with Crippen LogP contribution in [0.2, 0.25) is 0 Å². The summed E-state index contributed by atoms with van der Waals surface area (Å²) >= 11 is 0. The molecule has 0 radical (unpaired) electrons. The van der Waals surface area contributed by atoms with Crippen LogP contribution in [0.1, 0.15) is 41.9 Å². The van der Waals surface area contributed by atoms with Gasteiger partial charge in [0.15, 0.2) is 0 Å². The maximum Gasteiger partial charge on any atom is 0.129 e. The summed E-state index contributed by atoms with van der Waals surface area (Å²) in [4.78, 5) is 8.69. The molecule has 0 spiro atoms. The Hall–Kier alpha value is -1.95. The van der Waals surface area contributed by atoms with Gasteiger partial charge < -0.3 is 10.1 Å². The molecule has 0 unspecified atom stereocenters. The lowest BCUT2D eigenvalue weighted by Gasteiger charge is -2.10. The van der Waals surface area contributed by atoms with Crippen LogP contribution in [-0.2, 0) is 17.7 Å². The summed E-state index contributed by atoms with van der Waals surface area (Å²) in [5.41, 5.74) is 4.82. The van der Waals surface area contributed by atoms with Crippen LogP contribution in [0, 0.1) is 13.8 Å². The predicted molar refractivity (Wildman–Crippen MR) is 89.8 cm³/mol. The second-order valence-corrected chi connectivity index (χ2v) is 6.04. The van der Waals surface area contributed by atoms with Gasteiger partial charge in [-0.25, -0.2) is 9.97 Å². The first-order valence-corrected chi connectivity index (χ1v) is 8.35. The summed E-state index contributed by atoms with van der Waals surface area (Å²) < 4.78 is 7.51. The average molecular weight is 315 g/mol. The Balaban J connectivity index is 1.59. The molecule has 1 atom stereocenters. The fourth-order valence-electron chi connectivity index (χ4n) is 3.21. The molecule has 0 aromatic carbocycles. The Morgan fingerprint density at radius 1 is 1.35 bits per heavy atom. The third kappa shape index (κ3) is 3.52. The minimum atomic E-state index is 0.404. The van der Waals surface area contributed by atoms with E-state index in [-0.39, 0.29) is 0 Å². The van der Waals surface area contributed by atoms with E-state index in [0.29, 0.717) is 5.92 Å². The average Bonchev–Trinajstić information content (AvgIpc) is 3.17. The van der Waals surface area contributed by atoms with Gasteiger partial charge in [-0.2, -0.15) is 5.10 Å². The first kappa shape index (κ1) is 15.9. The number of nitrogens with zero attached hydrogens (tertiary/aromatic N) is 4. The molecule has 1 N–H and O–H groups in total. The molecule has 1 aliphatic heterocycles. The van der Waals surface area contributed by atoms with E-state index >= 15 is 0 Å². The van der Waals surface area contributed by atoms with Gasteiger partial charge in [-0.1, -0.05) is 6.92 Å². The van der Waals surface area contributed by atoms with Gasteiger partial charge in [-0.05, 0) is 32.3 Å². The van der Waals surface area contributed by atoms with Crippen molar-refractivity contribution in [1.82, 2.24) is 19.7 Å². The van der Waals surface area contributed by atoms with Gasteiger partial charge in [0.05, 0.1) is 24.5 Å². The zero-order valence-electron chi connectivity index (χ0n) is 14.2. The Labute approximate surface area is 137 Å². The van der Waals surface area contributed by atoms with Gasteiger partial charge in [0, 0.05) is 30.8 Å². The van der Waals surface area contributed by atoms with Gasteiger partial charge in [0.2, 0.25) is 0 Å². The summed E-state index contributed by atoms with van der Waals surface area (Å²) in [6.45, 7) is 9.62. The highest BCUT2D eigenvalue weighted by molar-refractivity contribution is 5.36. The highest BCUT2D eigenvalue weighted by Gasteiger charge is 2.19. The van der Waals surface area contributed by atoms with E-state index in [0.717, 1.165) is 56.4 Å². The summed E-state index contributed by atoms with van der Waals surface area (Å²) in [5, 5.41) is 8.00. The quantitative estimate of drug-likeness (QED) is 0.887. The van der Waals surface area contributed by atoms with E-state index < -0.39 is 0 Å². The van der Waals surface area contributed by atoms with E-state index in [1.165, 1.54) is 11.3 Å². The highest BCUT2D eigenvalue weighted by atomic mass is 16.5. The Kier molecular flexibility index (Phi) is 4.91. The van der Waals surface area contributed by atoms with Crippen LogP contribution < -0.4 is 5.32 Å². The minimum Gasteiger partial charge on any atom is -0.381 e. The number of rotatable bonds is 6. The Morgan fingerprint density at radius 2 is 2.22 bits per heavy atom. The second kappa shape index (κ2) is 7.08. The maximum absolute atomic E-state index is 5.44. The topological polar surface area (TPSA) is 64.9 Å². The van der Waals surface area contributed by atoms with Crippen LogP contribution in [0.25, 0.3) is 0 Å². The largest absolute Gasteiger partial charge is 0.381 e. The fraction of sp³-hybridized carbons (Fsp3) is 0.588. The minimum absolute atomic E-state index is 0.404. The molecule has 3 heterocycles. The fourth-order valence-corrected chi connectivity index (χ4v) is 3.21. The summed E-state index contributed by atoms with van der Waals surface area (Å²) in [6, 6.07) is 2.04. The van der Waals surface area contributed by atoms with Crippen molar-refractivity contribution < 1.29 is 4.74 Å². The van der Waals surface area contributed by atoms with Crippen LogP contribution in [-0.4, -0.2) is 39.5 Å². The lowest BCUT2D eigenvalue weighted by atomic mass is 10.1. The van der Waals surface area contributed by atoms with Crippen LogP contribution in [0.4, 0.5) is 5.82 Å². The molecule has 6 nitrogen and oxygen atoms in total. The lowest BCUT2D eigenvalue weighted by Crippen LogP contribution is -2.14. The number of anilines is 1.